The molecule has 1 unspecified atom stereocenters. The largest absolute Gasteiger partial charge is 0.295 e. The minimum atomic E-state index is -0.292. The summed E-state index contributed by atoms with van der Waals surface area (Å²) in [6.45, 7) is 0. The lowest BCUT2D eigenvalue weighted by Gasteiger charge is -2.32. The molecule has 74 valence electrons. The fraction of sp³-hybridized carbons (Fsp3) is 0.167. The van der Waals surface area contributed by atoms with Gasteiger partial charge in [0.05, 0.1) is 11.1 Å². The number of allylic oxidation sites excluding steroid dienone is 7. The Bertz CT molecular complexity index is 508. The first-order chi connectivity index (χ1) is 7.22. The van der Waals surface area contributed by atoms with Gasteiger partial charge in [-0.05, 0) is 18.2 Å². The molecule has 0 radical (unpaired) electrons. The van der Waals surface area contributed by atoms with E-state index in [4.69, 9.17) is 0 Å². The van der Waals surface area contributed by atoms with Gasteiger partial charge in [0.2, 0.25) is 0 Å². The number of ketones is 1. The van der Waals surface area contributed by atoms with Crippen LogP contribution in [0.25, 0.3) is 0 Å². The molecule has 1 atom stereocenters. The van der Waals surface area contributed by atoms with Crippen LogP contribution in [0.1, 0.15) is 6.42 Å². The summed E-state index contributed by atoms with van der Waals surface area (Å²) in [5.41, 5.74) is 1.77. The predicted molar refractivity (Wildman–Crippen MR) is 62.9 cm³/mol. The zero-order valence-electron chi connectivity index (χ0n) is 7.90. The van der Waals surface area contributed by atoms with Crippen molar-refractivity contribution in [1.82, 2.24) is 0 Å². The first-order valence-corrected chi connectivity index (χ1v) is 5.57. The molecule has 15 heavy (non-hydrogen) atoms. The quantitative estimate of drug-likeness (QED) is 0.660. The molecule has 0 bridgehead atoms. The van der Waals surface area contributed by atoms with Crippen LogP contribution in [0, 0.1) is 5.41 Å². The zero-order chi connectivity index (χ0) is 10.5. The molecule has 0 aromatic rings. The van der Waals surface area contributed by atoms with Gasteiger partial charge < -0.3 is 0 Å². The Balaban J connectivity index is 2.19. The van der Waals surface area contributed by atoms with Crippen molar-refractivity contribution in [3.63, 3.8) is 0 Å². The fourth-order valence-electron chi connectivity index (χ4n) is 2.28. The van der Waals surface area contributed by atoms with Crippen molar-refractivity contribution in [2.45, 2.75) is 6.42 Å². The van der Waals surface area contributed by atoms with Gasteiger partial charge in [0.1, 0.15) is 0 Å². The zero-order valence-corrected chi connectivity index (χ0v) is 9.49. The van der Waals surface area contributed by atoms with Crippen LogP contribution in [-0.2, 0) is 4.79 Å². The lowest BCUT2D eigenvalue weighted by Crippen LogP contribution is -2.34. The highest BCUT2D eigenvalue weighted by atomic mass is 79.9. The Labute approximate surface area is 95.9 Å². The maximum absolute atomic E-state index is 11.5. The average Bonchev–Trinajstić information content (AvgIpc) is 2.57. The van der Waals surface area contributed by atoms with E-state index in [2.05, 4.69) is 27.0 Å². The van der Waals surface area contributed by atoms with Crippen molar-refractivity contribution in [2.75, 3.05) is 0 Å². The molecule has 0 N–H and O–H groups in total. The van der Waals surface area contributed by atoms with E-state index in [1.807, 2.05) is 24.4 Å². The minimum absolute atomic E-state index is 0.161. The Morgan fingerprint density at radius 2 is 2.27 bits per heavy atom. The highest BCUT2D eigenvalue weighted by Gasteiger charge is 2.44. The Hall–Kier alpha value is -1.22. The van der Waals surface area contributed by atoms with E-state index < -0.39 is 0 Å². The normalized spacial score (nSPS) is 31.8. The number of halogens is 1. The number of rotatable bonds is 0. The second kappa shape index (κ2) is 2.89. The molecular formula is C12H8BrNO. The number of carbonyl (C=O) groups excluding carboxylic acids is 1. The summed E-state index contributed by atoms with van der Waals surface area (Å²) in [5.74, 6) is 0.161. The van der Waals surface area contributed by atoms with E-state index in [0.717, 1.165) is 15.8 Å². The van der Waals surface area contributed by atoms with Crippen molar-refractivity contribution >= 4 is 27.4 Å². The molecular weight excluding hydrogens is 254 g/mol. The third kappa shape index (κ3) is 1.10. The van der Waals surface area contributed by atoms with Gasteiger partial charge in [-0.1, -0.05) is 28.1 Å². The smallest absolute Gasteiger partial charge is 0.157 e. The van der Waals surface area contributed by atoms with Crippen molar-refractivity contribution < 1.29 is 4.79 Å². The average molecular weight is 262 g/mol. The Morgan fingerprint density at radius 3 is 3.13 bits per heavy atom. The van der Waals surface area contributed by atoms with Gasteiger partial charge >= 0.3 is 0 Å². The predicted octanol–water partition coefficient (Wildman–Crippen LogP) is 2.69. The topological polar surface area (TPSA) is 29.4 Å². The third-order valence-electron chi connectivity index (χ3n) is 3.03. The van der Waals surface area contributed by atoms with Gasteiger partial charge in [-0.2, -0.15) is 0 Å². The van der Waals surface area contributed by atoms with Crippen LogP contribution in [0.15, 0.2) is 51.6 Å². The van der Waals surface area contributed by atoms with E-state index in [1.165, 1.54) is 0 Å². The van der Waals surface area contributed by atoms with Crippen molar-refractivity contribution in [1.29, 1.82) is 0 Å². The van der Waals surface area contributed by atoms with Crippen molar-refractivity contribution in [3.8, 4) is 0 Å². The first kappa shape index (κ1) is 9.04. The molecule has 1 aliphatic heterocycles. The third-order valence-corrected chi connectivity index (χ3v) is 3.72. The van der Waals surface area contributed by atoms with E-state index in [1.54, 1.807) is 6.08 Å². The molecule has 1 spiro atoms. The van der Waals surface area contributed by atoms with Gasteiger partial charge in [0.15, 0.2) is 5.78 Å². The second-order valence-electron chi connectivity index (χ2n) is 3.88. The van der Waals surface area contributed by atoms with Crippen LogP contribution in [0.3, 0.4) is 0 Å². The van der Waals surface area contributed by atoms with Crippen LogP contribution in [0.4, 0.5) is 0 Å². The van der Waals surface area contributed by atoms with Crippen LogP contribution >= 0.6 is 15.9 Å². The highest BCUT2D eigenvalue weighted by Crippen LogP contribution is 2.48. The molecule has 3 heteroatoms. The molecule has 0 aromatic heterocycles. The maximum Gasteiger partial charge on any atom is 0.157 e. The molecule has 0 saturated carbocycles. The number of carbonyl (C=O) groups is 1. The first-order valence-electron chi connectivity index (χ1n) is 4.78. The molecule has 3 aliphatic rings. The number of hydrogen-bond donors (Lipinski definition) is 0. The molecule has 0 aromatic carbocycles. The molecule has 2 nitrogen and oxygen atoms in total. The van der Waals surface area contributed by atoms with Crippen LogP contribution in [-0.4, -0.2) is 11.5 Å². The molecule has 3 rings (SSSR count). The Kier molecular flexibility index (Phi) is 1.74. The standard InChI is InChI=1S/C12H8BrNO/c13-10-2-1-5-12-6-8(15)3-4-11(12)14-7-9(10)12/h1-5,7H,6H2. The number of nitrogens with zero attached hydrogens (tertiary/aromatic N) is 1. The lowest BCUT2D eigenvalue weighted by atomic mass is 9.69. The summed E-state index contributed by atoms with van der Waals surface area (Å²) in [4.78, 5) is 15.9. The fourth-order valence-corrected chi connectivity index (χ4v) is 2.89. The molecule has 1 heterocycles. The summed E-state index contributed by atoms with van der Waals surface area (Å²) in [6.07, 6.45) is 11.8. The molecule has 2 aliphatic carbocycles. The van der Waals surface area contributed by atoms with Gasteiger partial charge in [-0.3, -0.25) is 9.79 Å². The van der Waals surface area contributed by atoms with E-state index in [-0.39, 0.29) is 11.2 Å². The SMILES string of the molecule is O=C1C=CC2=NC=C3C(Br)=CC=CC32C1. The summed E-state index contributed by atoms with van der Waals surface area (Å²) in [5, 5.41) is 0. The van der Waals surface area contributed by atoms with E-state index >= 15 is 0 Å². The monoisotopic (exact) mass is 261 g/mol. The summed E-state index contributed by atoms with van der Waals surface area (Å²) in [7, 11) is 0. The van der Waals surface area contributed by atoms with Crippen LogP contribution in [0.2, 0.25) is 0 Å². The van der Waals surface area contributed by atoms with Crippen LogP contribution in [0.5, 0.6) is 0 Å². The lowest BCUT2D eigenvalue weighted by molar-refractivity contribution is -0.115. The highest BCUT2D eigenvalue weighted by molar-refractivity contribution is 9.12. The van der Waals surface area contributed by atoms with Gasteiger partial charge in [0.25, 0.3) is 0 Å². The van der Waals surface area contributed by atoms with Gasteiger partial charge in [0, 0.05) is 22.7 Å². The second-order valence-corrected chi connectivity index (χ2v) is 4.73. The van der Waals surface area contributed by atoms with E-state index in [9.17, 15) is 4.79 Å². The summed E-state index contributed by atoms with van der Waals surface area (Å²) in [6, 6.07) is 0. The maximum atomic E-state index is 11.5. The molecule has 0 amide bonds. The van der Waals surface area contributed by atoms with Crippen molar-refractivity contribution in [2.24, 2.45) is 10.4 Å². The molecule has 0 fully saturated rings. The Morgan fingerprint density at radius 1 is 1.40 bits per heavy atom. The molecule has 0 saturated heterocycles. The summed E-state index contributed by atoms with van der Waals surface area (Å²) >= 11 is 3.50. The summed E-state index contributed by atoms with van der Waals surface area (Å²) < 4.78 is 1.02. The minimum Gasteiger partial charge on any atom is -0.295 e. The van der Waals surface area contributed by atoms with Crippen molar-refractivity contribution in [3.05, 3.63) is 46.6 Å². The number of hydrogen-bond acceptors (Lipinski definition) is 2. The number of aliphatic imine (C=N–C) groups is 1. The van der Waals surface area contributed by atoms with Crippen LogP contribution < -0.4 is 0 Å². The van der Waals surface area contributed by atoms with Gasteiger partial charge in [-0.15, -0.1) is 0 Å². The van der Waals surface area contributed by atoms with Gasteiger partial charge in [-0.25, -0.2) is 0 Å². The van der Waals surface area contributed by atoms with E-state index in [0.29, 0.717) is 6.42 Å².